The number of ether oxygens (including phenoxy) is 1. The summed E-state index contributed by atoms with van der Waals surface area (Å²) in [6.45, 7) is 15.1. The molecular formula is C19H33NO. The second-order valence-corrected chi connectivity index (χ2v) is 6.75. The smallest absolute Gasteiger partial charge is 0.119 e. The van der Waals surface area contributed by atoms with Crippen LogP contribution in [0.25, 0.3) is 0 Å². The van der Waals surface area contributed by atoms with Crippen molar-refractivity contribution in [2.24, 2.45) is 5.92 Å². The summed E-state index contributed by atoms with van der Waals surface area (Å²) in [5.41, 5.74) is 1.64. The maximum absolute atomic E-state index is 5.78. The number of hydrogen-bond donors (Lipinski definition) is 1. The van der Waals surface area contributed by atoms with Crippen LogP contribution in [0, 0.1) is 5.92 Å². The van der Waals surface area contributed by atoms with Gasteiger partial charge in [-0.1, -0.05) is 53.7 Å². The summed E-state index contributed by atoms with van der Waals surface area (Å²) in [4.78, 5) is 0. The number of nitrogens with one attached hydrogen (secondary N) is 1. The van der Waals surface area contributed by atoms with Crippen LogP contribution in [0.2, 0.25) is 0 Å². The van der Waals surface area contributed by atoms with E-state index in [0.717, 1.165) is 31.7 Å². The van der Waals surface area contributed by atoms with Gasteiger partial charge in [0.2, 0.25) is 0 Å². The summed E-state index contributed by atoms with van der Waals surface area (Å²) in [6, 6.07) is 9.24. The average Bonchev–Trinajstić information content (AvgIpc) is 2.47. The van der Waals surface area contributed by atoms with Crippen molar-refractivity contribution in [3.8, 4) is 5.75 Å². The zero-order valence-corrected chi connectivity index (χ0v) is 14.7. The molecule has 0 saturated carbocycles. The Morgan fingerprint density at radius 3 is 2.00 bits per heavy atom. The van der Waals surface area contributed by atoms with Crippen molar-refractivity contribution in [1.29, 1.82) is 0 Å². The SMILES string of the molecule is CCC(CC)(CNC(C)C)c1ccc(OCC(C)C)cc1. The molecule has 1 N–H and O–H groups in total. The lowest BCUT2D eigenvalue weighted by molar-refractivity contribution is 0.270. The zero-order chi connectivity index (χ0) is 15.9. The zero-order valence-electron chi connectivity index (χ0n) is 14.7. The Labute approximate surface area is 131 Å². The first-order valence-electron chi connectivity index (χ1n) is 8.40. The molecule has 21 heavy (non-hydrogen) atoms. The van der Waals surface area contributed by atoms with Gasteiger partial charge in [-0.05, 0) is 36.5 Å². The minimum Gasteiger partial charge on any atom is -0.493 e. The largest absolute Gasteiger partial charge is 0.493 e. The molecular weight excluding hydrogens is 258 g/mol. The maximum atomic E-state index is 5.78. The van der Waals surface area contributed by atoms with Gasteiger partial charge in [0.15, 0.2) is 0 Å². The van der Waals surface area contributed by atoms with Crippen LogP contribution in [-0.4, -0.2) is 19.2 Å². The quantitative estimate of drug-likeness (QED) is 0.707. The molecule has 0 aliphatic carbocycles. The summed E-state index contributed by atoms with van der Waals surface area (Å²) in [6.07, 6.45) is 2.30. The van der Waals surface area contributed by atoms with Gasteiger partial charge < -0.3 is 10.1 Å². The third-order valence-electron chi connectivity index (χ3n) is 4.25. The van der Waals surface area contributed by atoms with Crippen LogP contribution in [0.4, 0.5) is 0 Å². The minimum absolute atomic E-state index is 0.223. The second kappa shape index (κ2) is 8.43. The average molecular weight is 291 g/mol. The molecule has 1 rings (SSSR count). The van der Waals surface area contributed by atoms with Crippen LogP contribution < -0.4 is 10.1 Å². The van der Waals surface area contributed by atoms with E-state index in [9.17, 15) is 0 Å². The Morgan fingerprint density at radius 2 is 1.57 bits per heavy atom. The van der Waals surface area contributed by atoms with Crippen LogP contribution in [0.15, 0.2) is 24.3 Å². The monoisotopic (exact) mass is 291 g/mol. The van der Waals surface area contributed by atoms with Crippen LogP contribution in [0.1, 0.15) is 59.9 Å². The molecule has 0 bridgehead atoms. The van der Waals surface area contributed by atoms with Gasteiger partial charge >= 0.3 is 0 Å². The van der Waals surface area contributed by atoms with E-state index < -0.39 is 0 Å². The van der Waals surface area contributed by atoms with E-state index in [1.165, 1.54) is 5.56 Å². The van der Waals surface area contributed by atoms with Gasteiger partial charge in [0, 0.05) is 18.0 Å². The van der Waals surface area contributed by atoms with E-state index in [1.807, 2.05) is 0 Å². The van der Waals surface area contributed by atoms with E-state index in [0.29, 0.717) is 12.0 Å². The first-order chi connectivity index (χ1) is 9.93. The number of rotatable bonds is 9. The van der Waals surface area contributed by atoms with Crippen LogP contribution in [0.5, 0.6) is 5.75 Å². The van der Waals surface area contributed by atoms with Crippen LogP contribution >= 0.6 is 0 Å². The molecule has 0 radical (unpaired) electrons. The molecule has 0 heterocycles. The molecule has 2 heteroatoms. The molecule has 0 aliphatic heterocycles. The van der Waals surface area contributed by atoms with E-state index in [4.69, 9.17) is 4.74 Å². The predicted molar refractivity (Wildman–Crippen MR) is 92.2 cm³/mol. The predicted octanol–water partition coefficient (Wildman–Crippen LogP) is 4.78. The van der Waals surface area contributed by atoms with E-state index in [1.54, 1.807) is 0 Å². The summed E-state index contributed by atoms with van der Waals surface area (Å²) < 4.78 is 5.78. The third-order valence-corrected chi connectivity index (χ3v) is 4.25. The van der Waals surface area contributed by atoms with E-state index in [2.05, 4.69) is 71.1 Å². The molecule has 0 spiro atoms. The van der Waals surface area contributed by atoms with Crippen molar-refractivity contribution >= 4 is 0 Å². The third kappa shape index (κ3) is 5.35. The molecule has 0 atom stereocenters. The lowest BCUT2D eigenvalue weighted by atomic mass is 9.75. The molecule has 0 unspecified atom stereocenters. The molecule has 0 amide bonds. The van der Waals surface area contributed by atoms with Crippen molar-refractivity contribution in [2.75, 3.05) is 13.2 Å². The number of benzene rings is 1. The van der Waals surface area contributed by atoms with Crippen molar-refractivity contribution in [1.82, 2.24) is 5.32 Å². The van der Waals surface area contributed by atoms with Gasteiger partial charge in [-0.3, -0.25) is 0 Å². The highest BCUT2D eigenvalue weighted by Gasteiger charge is 2.28. The molecule has 2 nitrogen and oxygen atoms in total. The van der Waals surface area contributed by atoms with Gasteiger partial charge in [0.05, 0.1) is 6.61 Å². The summed E-state index contributed by atoms with van der Waals surface area (Å²) in [7, 11) is 0. The van der Waals surface area contributed by atoms with Crippen molar-refractivity contribution < 1.29 is 4.74 Å². The number of hydrogen-bond acceptors (Lipinski definition) is 2. The lowest BCUT2D eigenvalue weighted by Crippen LogP contribution is -2.40. The standard InChI is InChI=1S/C19H33NO/c1-7-19(8-2,14-20-16(5)6)17-9-11-18(12-10-17)21-13-15(3)4/h9-12,15-16,20H,7-8,13-14H2,1-6H3. The van der Waals surface area contributed by atoms with E-state index >= 15 is 0 Å². The first-order valence-corrected chi connectivity index (χ1v) is 8.40. The fourth-order valence-corrected chi connectivity index (χ4v) is 2.58. The van der Waals surface area contributed by atoms with Crippen molar-refractivity contribution in [3.63, 3.8) is 0 Å². The highest BCUT2D eigenvalue weighted by Crippen LogP contribution is 2.32. The lowest BCUT2D eigenvalue weighted by Gasteiger charge is -2.34. The van der Waals surface area contributed by atoms with Crippen LogP contribution in [0.3, 0.4) is 0 Å². The Balaban J connectivity index is 2.83. The normalized spacial score (nSPS) is 12.2. The highest BCUT2D eigenvalue weighted by molar-refractivity contribution is 5.33. The van der Waals surface area contributed by atoms with Gasteiger partial charge in [0.25, 0.3) is 0 Å². The summed E-state index contributed by atoms with van der Waals surface area (Å²) >= 11 is 0. The summed E-state index contributed by atoms with van der Waals surface area (Å²) in [5, 5.41) is 3.61. The maximum Gasteiger partial charge on any atom is 0.119 e. The van der Waals surface area contributed by atoms with Crippen molar-refractivity contribution in [3.05, 3.63) is 29.8 Å². The molecule has 0 fully saturated rings. The van der Waals surface area contributed by atoms with Gasteiger partial charge in [-0.2, -0.15) is 0 Å². The fraction of sp³-hybridized carbons (Fsp3) is 0.684. The van der Waals surface area contributed by atoms with Gasteiger partial charge in [0.1, 0.15) is 5.75 Å². The van der Waals surface area contributed by atoms with Gasteiger partial charge in [-0.15, -0.1) is 0 Å². The van der Waals surface area contributed by atoms with Gasteiger partial charge in [-0.25, -0.2) is 0 Å². The molecule has 0 saturated heterocycles. The Bertz CT molecular complexity index is 391. The fourth-order valence-electron chi connectivity index (χ4n) is 2.58. The highest BCUT2D eigenvalue weighted by atomic mass is 16.5. The Kier molecular flexibility index (Phi) is 7.24. The second-order valence-electron chi connectivity index (χ2n) is 6.75. The Hall–Kier alpha value is -1.02. The molecule has 1 aromatic carbocycles. The summed E-state index contributed by atoms with van der Waals surface area (Å²) in [5.74, 6) is 1.54. The molecule has 0 aromatic heterocycles. The molecule has 0 aliphatic rings. The first kappa shape index (κ1) is 18.0. The van der Waals surface area contributed by atoms with Crippen LogP contribution in [-0.2, 0) is 5.41 Å². The van der Waals surface area contributed by atoms with E-state index in [-0.39, 0.29) is 5.41 Å². The molecule has 1 aromatic rings. The Morgan fingerprint density at radius 1 is 1.00 bits per heavy atom. The topological polar surface area (TPSA) is 21.3 Å². The van der Waals surface area contributed by atoms with Crippen molar-refractivity contribution in [2.45, 2.75) is 65.8 Å². The molecule has 120 valence electrons. The minimum atomic E-state index is 0.223.